The summed E-state index contributed by atoms with van der Waals surface area (Å²) in [5.41, 5.74) is 0. The Hall–Kier alpha value is -5.23. The molecule has 0 rings (SSSR count). The minimum atomic E-state index is -0.846. The summed E-state index contributed by atoms with van der Waals surface area (Å²) in [4.78, 5) is 38.3. The average Bonchev–Trinajstić information content (AvgIpc) is 3.44. The van der Waals surface area contributed by atoms with Crippen molar-refractivity contribution < 1.29 is 28.6 Å². The third-order valence-corrected chi connectivity index (χ3v) is 12.4. The first-order valence-electron chi connectivity index (χ1n) is 31.1. The van der Waals surface area contributed by atoms with E-state index in [0.29, 0.717) is 19.3 Å². The zero-order valence-electron chi connectivity index (χ0n) is 49.9. The van der Waals surface area contributed by atoms with Gasteiger partial charge < -0.3 is 14.2 Å². The molecule has 0 bridgehead atoms. The Bertz CT molecular complexity index is 1810. The molecule has 0 saturated heterocycles. The number of hydrogen-bond acceptors (Lipinski definition) is 6. The molecule has 6 heteroatoms. The van der Waals surface area contributed by atoms with Gasteiger partial charge in [0.2, 0.25) is 0 Å². The lowest BCUT2D eigenvalue weighted by Crippen LogP contribution is -2.30. The zero-order chi connectivity index (χ0) is 56.4. The maximum Gasteiger partial charge on any atom is 0.306 e. The zero-order valence-corrected chi connectivity index (χ0v) is 49.9. The van der Waals surface area contributed by atoms with Crippen molar-refractivity contribution in [1.82, 2.24) is 0 Å². The van der Waals surface area contributed by atoms with Crippen LogP contribution in [0.5, 0.6) is 0 Å². The third-order valence-electron chi connectivity index (χ3n) is 12.4. The van der Waals surface area contributed by atoms with E-state index in [1.165, 1.54) is 57.8 Å². The van der Waals surface area contributed by atoms with E-state index in [4.69, 9.17) is 14.2 Å². The fraction of sp³-hybridized carbons (Fsp3) is 0.569. The average molecular weight is 1070 g/mol. The van der Waals surface area contributed by atoms with Gasteiger partial charge in [-0.2, -0.15) is 0 Å². The maximum absolute atomic E-state index is 12.9. The number of esters is 3. The van der Waals surface area contributed by atoms with Crippen LogP contribution in [-0.4, -0.2) is 37.2 Å². The van der Waals surface area contributed by atoms with Gasteiger partial charge in [0.05, 0.1) is 0 Å². The molecule has 0 fully saturated rings. The number of carbonyl (C=O) groups excluding carboxylic acids is 3. The highest BCUT2D eigenvalue weighted by Gasteiger charge is 2.19. The molecule has 0 N–H and O–H groups in total. The topological polar surface area (TPSA) is 78.9 Å². The third kappa shape index (κ3) is 61.6. The molecule has 0 spiro atoms. The van der Waals surface area contributed by atoms with Gasteiger partial charge in [0, 0.05) is 19.3 Å². The largest absolute Gasteiger partial charge is 0.462 e. The van der Waals surface area contributed by atoms with Crippen molar-refractivity contribution >= 4 is 17.9 Å². The molecule has 0 aromatic rings. The van der Waals surface area contributed by atoms with Crippen LogP contribution in [0.3, 0.4) is 0 Å². The van der Waals surface area contributed by atoms with Crippen LogP contribution in [-0.2, 0) is 28.6 Å². The summed E-state index contributed by atoms with van der Waals surface area (Å²) >= 11 is 0. The molecule has 0 radical (unpaired) electrons. The molecule has 0 saturated carbocycles. The molecular weight excluding hydrogens is 961 g/mol. The van der Waals surface area contributed by atoms with Gasteiger partial charge in [-0.25, -0.2) is 0 Å². The second kappa shape index (κ2) is 64.3. The smallest absolute Gasteiger partial charge is 0.306 e. The number of ether oxygens (including phenoxy) is 3. The van der Waals surface area contributed by atoms with E-state index in [9.17, 15) is 14.4 Å². The standard InChI is InChI=1S/C72H112O6/c1-4-7-10-13-16-19-22-25-28-31-33-34-35-36-37-38-40-41-44-47-50-53-56-59-62-65-71(74)77-68-69(67-76-70(73)64-61-58-55-52-49-46-43-30-27-24-21-18-15-12-9-6-3)78-72(75)66-63-60-57-54-51-48-45-42-39-32-29-26-23-20-17-14-11-8-5-2/h7-8,10-11,16-17,19-20,25-26,28-30,33-34,36-37,39-43,47-48,50-51,57,60,69H,4-6,9,12-15,18,21-24,27,31-32,35,38,44-46,49,52-56,58-59,61-68H2,1-3H3/b10-7-,11-8-,19-16-,20-17-,28-25-,29-26-,34-33-,37-36-,41-40-,42-39-,43-30-,50-47-,51-48-,60-57-. The molecule has 0 aromatic heterocycles. The number of allylic oxidation sites excluding steroid dienone is 28. The van der Waals surface area contributed by atoms with Gasteiger partial charge in [-0.3, -0.25) is 14.4 Å². The van der Waals surface area contributed by atoms with Crippen molar-refractivity contribution in [2.75, 3.05) is 13.2 Å². The second-order valence-corrected chi connectivity index (χ2v) is 19.8. The summed E-state index contributed by atoms with van der Waals surface area (Å²) in [5, 5.41) is 0. The molecule has 0 aliphatic carbocycles. The SMILES string of the molecule is CC/C=C\C/C=C\C/C=C\C/C=C\C/C=C\C/C=C\C/C=C\CCCCCC(=O)OCC(COC(=O)CCCCCCC/C=C\CCCCCCCCC)OC(=O)CC/C=C\C/C=C\C/C=C\C/C=C\C/C=C\C/C=C\CC. The number of unbranched alkanes of at least 4 members (excludes halogenated alkanes) is 15. The van der Waals surface area contributed by atoms with Crippen LogP contribution in [0.1, 0.15) is 245 Å². The fourth-order valence-electron chi connectivity index (χ4n) is 7.85. The Kier molecular flexibility index (Phi) is 60.0. The minimum Gasteiger partial charge on any atom is -0.462 e. The van der Waals surface area contributed by atoms with Crippen molar-refractivity contribution in [1.29, 1.82) is 0 Å². The first kappa shape index (κ1) is 72.8. The first-order chi connectivity index (χ1) is 38.5. The predicted molar refractivity (Wildman–Crippen MR) is 338 cm³/mol. The van der Waals surface area contributed by atoms with E-state index in [1.54, 1.807) is 0 Å². The molecule has 0 amide bonds. The van der Waals surface area contributed by atoms with Crippen LogP contribution in [0, 0.1) is 0 Å². The van der Waals surface area contributed by atoms with Crippen molar-refractivity contribution in [3.8, 4) is 0 Å². The quantitative estimate of drug-likeness (QED) is 0.0261. The Labute approximate surface area is 479 Å². The van der Waals surface area contributed by atoms with Crippen molar-refractivity contribution in [3.63, 3.8) is 0 Å². The normalized spacial score (nSPS) is 13.3. The monoisotopic (exact) mass is 1070 g/mol. The van der Waals surface area contributed by atoms with Gasteiger partial charge in [0.1, 0.15) is 13.2 Å². The fourth-order valence-corrected chi connectivity index (χ4v) is 7.85. The summed E-state index contributed by atoms with van der Waals surface area (Å²) in [6.45, 7) is 6.30. The van der Waals surface area contributed by atoms with Crippen LogP contribution >= 0.6 is 0 Å². The summed E-state index contributed by atoms with van der Waals surface area (Å²) in [6.07, 6.45) is 95.0. The van der Waals surface area contributed by atoms with Crippen LogP contribution < -0.4 is 0 Å². The highest BCUT2D eigenvalue weighted by molar-refractivity contribution is 5.71. The van der Waals surface area contributed by atoms with Crippen molar-refractivity contribution in [2.45, 2.75) is 252 Å². The first-order valence-corrected chi connectivity index (χ1v) is 31.1. The van der Waals surface area contributed by atoms with Crippen LogP contribution in [0.15, 0.2) is 170 Å². The van der Waals surface area contributed by atoms with Gasteiger partial charge in [-0.05, 0) is 141 Å². The molecule has 1 atom stereocenters. The molecule has 0 aromatic carbocycles. The molecule has 436 valence electrons. The van der Waals surface area contributed by atoms with E-state index in [0.717, 1.165) is 141 Å². The predicted octanol–water partition coefficient (Wildman–Crippen LogP) is 21.5. The summed E-state index contributed by atoms with van der Waals surface area (Å²) in [7, 11) is 0. The van der Waals surface area contributed by atoms with Gasteiger partial charge in [-0.1, -0.05) is 255 Å². The van der Waals surface area contributed by atoms with Crippen LogP contribution in [0.4, 0.5) is 0 Å². The Morgan fingerprint density at radius 1 is 0.269 bits per heavy atom. The number of hydrogen-bond donors (Lipinski definition) is 0. The number of rotatable bonds is 54. The maximum atomic E-state index is 12.9. The molecule has 78 heavy (non-hydrogen) atoms. The highest BCUT2D eigenvalue weighted by Crippen LogP contribution is 2.13. The van der Waals surface area contributed by atoms with Crippen LogP contribution in [0.25, 0.3) is 0 Å². The van der Waals surface area contributed by atoms with E-state index < -0.39 is 12.1 Å². The summed E-state index contributed by atoms with van der Waals surface area (Å²) in [6, 6.07) is 0. The van der Waals surface area contributed by atoms with E-state index >= 15 is 0 Å². The lowest BCUT2D eigenvalue weighted by atomic mass is 10.1. The lowest BCUT2D eigenvalue weighted by Gasteiger charge is -2.18. The molecule has 0 aliphatic rings. The highest BCUT2D eigenvalue weighted by atomic mass is 16.6. The summed E-state index contributed by atoms with van der Waals surface area (Å²) < 4.78 is 16.8. The summed E-state index contributed by atoms with van der Waals surface area (Å²) in [5.74, 6) is -1.06. The Balaban J connectivity index is 4.59. The lowest BCUT2D eigenvalue weighted by molar-refractivity contribution is -0.166. The second-order valence-electron chi connectivity index (χ2n) is 19.8. The molecular formula is C72H112O6. The van der Waals surface area contributed by atoms with E-state index in [2.05, 4.69) is 179 Å². The minimum absolute atomic E-state index is 0.131. The van der Waals surface area contributed by atoms with Gasteiger partial charge in [0.25, 0.3) is 0 Å². The van der Waals surface area contributed by atoms with Crippen molar-refractivity contribution in [3.05, 3.63) is 170 Å². The van der Waals surface area contributed by atoms with Crippen molar-refractivity contribution in [2.24, 2.45) is 0 Å². The van der Waals surface area contributed by atoms with E-state index in [1.807, 2.05) is 12.2 Å². The van der Waals surface area contributed by atoms with Gasteiger partial charge >= 0.3 is 17.9 Å². The Morgan fingerprint density at radius 3 is 0.859 bits per heavy atom. The molecule has 6 nitrogen and oxygen atoms in total. The number of carbonyl (C=O) groups is 3. The van der Waals surface area contributed by atoms with E-state index in [-0.39, 0.29) is 31.6 Å². The van der Waals surface area contributed by atoms with Gasteiger partial charge in [0.15, 0.2) is 6.10 Å². The molecule has 1 unspecified atom stereocenters. The Morgan fingerprint density at radius 2 is 0.526 bits per heavy atom. The van der Waals surface area contributed by atoms with Gasteiger partial charge in [-0.15, -0.1) is 0 Å². The van der Waals surface area contributed by atoms with Crippen LogP contribution in [0.2, 0.25) is 0 Å². The molecule has 0 aliphatic heterocycles. The molecule has 0 heterocycles.